The van der Waals surface area contributed by atoms with Crippen molar-refractivity contribution in [3.8, 4) is 22.6 Å². The molecule has 0 aliphatic heterocycles. The van der Waals surface area contributed by atoms with Crippen molar-refractivity contribution in [2.24, 2.45) is 0 Å². The maximum Gasteiger partial charge on any atom is 0.330 e. The predicted molar refractivity (Wildman–Crippen MR) is 85.8 cm³/mol. The van der Waals surface area contributed by atoms with Gasteiger partial charge in [-0.05, 0) is 36.3 Å². The van der Waals surface area contributed by atoms with E-state index in [2.05, 4.69) is 0 Å². The topological polar surface area (TPSA) is 55.8 Å². The van der Waals surface area contributed by atoms with Gasteiger partial charge in [0.15, 0.2) is 11.5 Å². The molecule has 0 heterocycles. The maximum atomic E-state index is 11.4. The Kier molecular flexibility index (Phi) is 5.20. The number of rotatable bonds is 5. The molecule has 0 aromatic heterocycles. The van der Waals surface area contributed by atoms with Crippen molar-refractivity contribution < 1.29 is 19.4 Å². The van der Waals surface area contributed by atoms with Gasteiger partial charge in [0.25, 0.3) is 0 Å². The Labute approximate surface area is 129 Å². The van der Waals surface area contributed by atoms with Crippen molar-refractivity contribution in [2.45, 2.75) is 6.92 Å². The first-order chi connectivity index (χ1) is 10.7. The number of aromatic hydroxyl groups is 1. The first-order valence-electron chi connectivity index (χ1n) is 6.97. The molecule has 0 atom stereocenters. The molecule has 0 unspecified atom stereocenters. The summed E-state index contributed by atoms with van der Waals surface area (Å²) in [5.74, 6) is 0.0163. The maximum absolute atomic E-state index is 11.4. The number of ether oxygens (including phenoxy) is 2. The average molecular weight is 298 g/mol. The van der Waals surface area contributed by atoms with E-state index in [1.165, 1.54) is 13.2 Å². The number of carbonyl (C=O) groups excluding carboxylic acids is 1. The van der Waals surface area contributed by atoms with Crippen LogP contribution in [-0.2, 0) is 9.53 Å². The molecule has 4 nitrogen and oxygen atoms in total. The summed E-state index contributed by atoms with van der Waals surface area (Å²) in [6, 6.07) is 12.9. The molecule has 0 fully saturated rings. The van der Waals surface area contributed by atoms with Gasteiger partial charge in [0.2, 0.25) is 0 Å². The van der Waals surface area contributed by atoms with Crippen LogP contribution in [0.1, 0.15) is 12.5 Å². The summed E-state index contributed by atoms with van der Waals surface area (Å²) in [6.45, 7) is 2.08. The lowest BCUT2D eigenvalue weighted by molar-refractivity contribution is -0.137. The van der Waals surface area contributed by atoms with E-state index in [1.807, 2.05) is 30.3 Å². The van der Waals surface area contributed by atoms with Crippen LogP contribution < -0.4 is 4.74 Å². The minimum Gasteiger partial charge on any atom is -0.504 e. The Bertz CT molecular complexity index is 675. The molecule has 4 heteroatoms. The number of carbonyl (C=O) groups is 1. The van der Waals surface area contributed by atoms with Crippen molar-refractivity contribution >= 4 is 12.0 Å². The highest BCUT2D eigenvalue weighted by atomic mass is 16.5. The van der Waals surface area contributed by atoms with E-state index in [9.17, 15) is 9.90 Å². The van der Waals surface area contributed by atoms with Crippen molar-refractivity contribution in [1.82, 2.24) is 0 Å². The van der Waals surface area contributed by atoms with Crippen LogP contribution in [0.25, 0.3) is 17.2 Å². The molecule has 0 saturated heterocycles. The Morgan fingerprint density at radius 2 is 1.95 bits per heavy atom. The molecule has 2 rings (SSSR count). The van der Waals surface area contributed by atoms with Gasteiger partial charge in [0, 0.05) is 11.6 Å². The summed E-state index contributed by atoms with van der Waals surface area (Å²) in [6.07, 6.45) is 2.98. The minimum absolute atomic E-state index is 0.0713. The minimum atomic E-state index is -0.407. The summed E-state index contributed by atoms with van der Waals surface area (Å²) in [4.78, 5) is 11.4. The highest BCUT2D eigenvalue weighted by Crippen LogP contribution is 2.38. The first kappa shape index (κ1) is 15.6. The van der Waals surface area contributed by atoms with E-state index >= 15 is 0 Å². The molecule has 114 valence electrons. The SMILES string of the molecule is CCOC(=O)/C=C/c1cc(OC)c(O)c(-c2ccccc2)c1. The van der Waals surface area contributed by atoms with Crippen LogP contribution in [-0.4, -0.2) is 24.8 Å². The van der Waals surface area contributed by atoms with Gasteiger partial charge in [-0.15, -0.1) is 0 Å². The molecule has 0 radical (unpaired) electrons. The first-order valence-corrected chi connectivity index (χ1v) is 6.97. The molecule has 0 amide bonds. The zero-order valence-corrected chi connectivity index (χ0v) is 12.6. The van der Waals surface area contributed by atoms with Crippen LogP contribution in [0.15, 0.2) is 48.5 Å². The van der Waals surface area contributed by atoms with E-state index in [0.717, 1.165) is 11.1 Å². The molecule has 1 N–H and O–H groups in total. The molecule has 0 aliphatic rings. The number of methoxy groups -OCH3 is 1. The normalized spacial score (nSPS) is 10.6. The lowest BCUT2D eigenvalue weighted by Crippen LogP contribution is -1.98. The molecular formula is C18H18O4. The Balaban J connectivity index is 2.42. The standard InChI is InChI=1S/C18H18O4/c1-3-22-17(19)10-9-13-11-15(14-7-5-4-6-8-14)18(20)16(12-13)21-2/h4-12,20H,3H2,1-2H3/b10-9+. The zero-order chi connectivity index (χ0) is 15.9. The summed E-state index contributed by atoms with van der Waals surface area (Å²) in [5.41, 5.74) is 2.25. The van der Waals surface area contributed by atoms with Crippen LogP contribution in [0.3, 0.4) is 0 Å². The molecule has 2 aromatic carbocycles. The van der Waals surface area contributed by atoms with E-state index < -0.39 is 5.97 Å². The van der Waals surface area contributed by atoms with Gasteiger partial charge in [-0.3, -0.25) is 0 Å². The number of esters is 1. The predicted octanol–water partition coefficient (Wildman–Crippen LogP) is 3.64. The smallest absolute Gasteiger partial charge is 0.330 e. The van der Waals surface area contributed by atoms with E-state index in [-0.39, 0.29) is 5.75 Å². The van der Waals surface area contributed by atoms with Crippen LogP contribution in [0.2, 0.25) is 0 Å². The number of benzene rings is 2. The molecule has 0 saturated carbocycles. The quantitative estimate of drug-likeness (QED) is 0.676. The third kappa shape index (κ3) is 3.67. The summed E-state index contributed by atoms with van der Waals surface area (Å²) in [7, 11) is 1.49. The highest BCUT2D eigenvalue weighted by Gasteiger charge is 2.11. The summed E-state index contributed by atoms with van der Waals surface area (Å²) in [5, 5.41) is 10.3. The second-order valence-corrected chi connectivity index (χ2v) is 4.57. The fourth-order valence-corrected chi connectivity index (χ4v) is 2.07. The molecule has 22 heavy (non-hydrogen) atoms. The third-order valence-corrected chi connectivity index (χ3v) is 3.10. The zero-order valence-electron chi connectivity index (χ0n) is 12.6. The van der Waals surface area contributed by atoms with Gasteiger partial charge < -0.3 is 14.6 Å². The van der Waals surface area contributed by atoms with Crippen molar-refractivity contribution in [1.29, 1.82) is 0 Å². The number of hydrogen-bond donors (Lipinski definition) is 1. The number of hydrogen-bond acceptors (Lipinski definition) is 4. The van der Waals surface area contributed by atoms with Gasteiger partial charge in [0.05, 0.1) is 13.7 Å². The van der Waals surface area contributed by atoms with Crippen molar-refractivity contribution in [3.05, 3.63) is 54.1 Å². The summed E-state index contributed by atoms with van der Waals surface area (Å²) < 4.78 is 10.1. The Morgan fingerprint density at radius 1 is 1.23 bits per heavy atom. The van der Waals surface area contributed by atoms with Crippen LogP contribution in [0, 0.1) is 0 Å². The van der Waals surface area contributed by atoms with Crippen LogP contribution in [0.5, 0.6) is 11.5 Å². The van der Waals surface area contributed by atoms with Crippen molar-refractivity contribution in [3.63, 3.8) is 0 Å². The molecule has 0 aliphatic carbocycles. The highest BCUT2D eigenvalue weighted by molar-refractivity contribution is 5.88. The van der Waals surface area contributed by atoms with E-state index in [1.54, 1.807) is 25.1 Å². The van der Waals surface area contributed by atoms with Gasteiger partial charge in [-0.2, -0.15) is 0 Å². The molecule has 0 bridgehead atoms. The van der Waals surface area contributed by atoms with Crippen LogP contribution >= 0.6 is 0 Å². The summed E-state index contributed by atoms with van der Waals surface area (Å²) >= 11 is 0. The Morgan fingerprint density at radius 3 is 2.59 bits per heavy atom. The number of phenols is 1. The Hall–Kier alpha value is -2.75. The van der Waals surface area contributed by atoms with Gasteiger partial charge in [0.1, 0.15) is 0 Å². The van der Waals surface area contributed by atoms with Crippen LogP contribution in [0.4, 0.5) is 0 Å². The largest absolute Gasteiger partial charge is 0.504 e. The van der Waals surface area contributed by atoms with Crippen molar-refractivity contribution in [2.75, 3.05) is 13.7 Å². The van der Waals surface area contributed by atoms with E-state index in [4.69, 9.17) is 9.47 Å². The second-order valence-electron chi connectivity index (χ2n) is 4.57. The lowest BCUT2D eigenvalue weighted by Gasteiger charge is -2.11. The lowest BCUT2D eigenvalue weighted by atomic mass is 10.0. The van der Waals surface area contributed by atoms with Gasteiger partial charge >= 0.3 is 5.97 Å². The molecular weight excluding hydrogens is 280 g/mol. The number of phenolic OH excluding ortho intramolecular Hbond substituents is 1. The monoisotopic (exact) mass is 298 g/mol. The average Bonchev–Trinajstić information content (AvgIpc) is 2.55. The molecule has 2 aromatic rings. The van der Waals surface area contributed by atoms with Gasteiger partial charge in [-0.25, -0.2) is 4.79 Å². The third-order valence-electron chi connectivity index (χ3n) is 3.10. The second kappa shape index (κ2) is 7.31. The fourth-order valence-electron chi connectivity index (χ4n) is 2.07. The molecule has 0 spiro atoms. The van der Waals surface area contributed by atoms with Gasteiger partial charge in [-0.1, -0.05) is 30.3 Å². The fraction of sp³-hybridized carbons (Fsp3) is 0.167. The van der Waals surface area contributed by atoms with E-state index in [0.29, 0.717) is 17.9 Å².